The van der Waals surface area contributed by atoms with Gasteiger partial charge in [-0.2, -0.15) is 0 Å². The molecule has 1 atom stereocenters. The maximum absolute atomic E-state index is 10.2. The van der Waals surface area contributed by atoms with Crippen LogP contribution in [0.1, 0.15) is 0 Å². The van der Waals surface area contributed by atoms with Gasteiger partial charge in [0.15, 0.2) is 0 Å². The molecule has 1 aromatic rings. The first-order valence-electron chi connectivity index (χ1n) is 5.09. The third-order valence-corrected chi connectivity index (χ3v) is 2.60. The molecular formula is C11H16N2O2. The number of benzene rings is 1. The molecule has 2 N–H and O–H groups in total. The first kappa shape index (κ1) is 10.4. The van der Waals surface area contributed by atoms with Crippen LogP contribution in [0.25, 0.3) is 0 Å². The number of nitrogens with zero attached hydrogens (tertiary/aromatic N) is 1. The number of nitrogens with one attached hydrogen (secondary N) is 1. The van der Waals surface area contributed by atoms with Gasteiger partial charge in [-0.1, -0.05) is 18.2 Å². The van der Waals surface area contributed by atoms with Crippen LogP contribution in [-0.2, 0) is 0 Å². The highest BCUT2D eigenvalue weighted by Gasteiger charge is 2.36. The van der Waals surface area contributed by atoms with Crippen LogP contribution >= 0.6 is 0 Å². The Labute approximate surface area is 89.5 Å². The van der Waals surface area contributed by atoms with Crippen molar-refractivity contribution in [3.63, 3.8) is 0 Å². The zero-order valence-electron chi connectivity index (χ0n) is 8.81. The summed E-state index contributed by atoms with van der Waals surface area (Å²) < 4.78 is 5.57. The summed E-state index contributed by atoms with van der Waals surface area (Å²) in [6, 6.07) is 9.35. The fourth-order valence-corrected chi connectivity index (χ4v) is 1.60. The standard InChI is InChI=1S/C11H16N2O2/c1-13-8-7-12-9-11(13,14)15-10-5-3-2-4-6-10/h2-6,12,14H,7-9H2,1H3. The molecule has 4 heteroatoms. The molecule has 1 unspecified atom stereocenters. The van der Waals surface area contributed by atoms with Crippen molar-refractivity contribution in [3.8, 4) is 5.75 Å². The Hall–Kier alpha value is -1.10. The van der Waals surface area contributed by atoms with Gasteiger partial charge in [0.1, 0.15) is 5.75 Å². The third-order valence-electron chi connectivity index (χ3n) is 2.60. The SMILES string of the molecule is CN1CCNCC1(O)Oc1ccccc1. The molecule has 0 saturated carbocycles. The van der Waals surface area contributed by atoms with Crippen LogP contribution in [0, 0.1) is 0 Å². The number of aliphatic hydroxyl groups is 1. The zero-order valence-corrected chi connectivity index (χ0v) is 8.81. The van der Waals surface area contributed by atoms with Crippen molar-refractivity contribution in [1.82, 2.24) is 10.2 Å². The number of rotatable bonds is 2. The highest BCUT2D eigenvalue weighted by molar-refractivity contribution is 5.21. The van der Waals surface area contributed by atoms with Gasteiger partial charge in [-0.3, -0.25) is 0 Å². The topological polar surface area (TPSA) is 44.7 Å². The quantitative estimate of drug-likeness (QED) is 0.684. The predicted octanol–water partition coefficient (Wildman–Crippen LogP) is 0.246. The number of hydrogen-bond acceptors (Lipinski definition) is 4. The summed E-state index contributed by atoms with van der Waals surface area (Å²) in [5.74, 6) is -0.560. The highest BCUT2D eigenvalue weighted by Crippen LogP contribution is 2.19. The van der Waals surface area contributed by atoms with Gasteiger partial charge in [0.05, 0.1) is 6.54 Å². The molecule has 1 heterocycles. The molecule has 1 saturated heterocycles. The smallest absolute Gasteiger partial charge is 0.283 e. The number of β-amino-alcohol motifs (C(OH)–C–C–N with tert-alkyl or cyclic N) is 1. The molecule has 0 amide bonds. The molecule has 0 bridgehead atoms. The Kier molecular flexibility index (Phi) is 2.90. The lowest BCUT2D eigenvalue weighted by atomic mass is 10.3. The summed E-state index contributed by atoms with van der Waals surface area (Å²) in [7, 11) is 1.85. The molecule has 2 rings (SSSR count). The Morgan fingerprint density at radius 3 is 2.80 bits per heavy atom. The molecule has 15 heavy (non-hydrogen) atoms. The molecule has 1 fully saturated rings. The highest BCUT2D eigenvalue weighted by atomic mass is 16.6. The first-order valence-corrected chi connectivity index (χ1v) is 5.09. The van der Waals surface area contributed by atoms with Crippen LogP contribution < -0.4 is 10.1 Å². The predicted molar refractivity (Wildman–Crippen MR) is 57.5 cm³/mol. The van der Waals surface area contributed by atoms with Crippen LogP contribution in [0.2, 0.25) is 0 Å². The average Bonchev–Trinajstić information content (AvgIpc) is 2.24. The van der Waals surface area contributed by atoms with Crippen molar-refractivity contribution in [2.75, 3.05) is 26.7 Å². The number of para-hydroxylation sites is 1. The zero-order chi connectivity index (χ0) is 10.7. The Bertz CT molecular complexity index is 318. The second kappa shape index (κ2) is 4.18. The summed E-state index contributed by atoms with van der Waals surface area (Å²) in [6.45, 7) is 2.05. The van der Waals surface area contributed by atoms with E-state index in [0.717, 1.165) is 13.1 Å². The summed E-state index contributed by atoms with van der Waals surface area (Å²) in [6.07, 6.45) is 0. The number of ether oxygens (including phenoxy) is 1. The maximum Gasteiger partial charge on any atom is 0.283 e. The Balaban J connectivity index is 2.09. The largest absolute Gasteiger partial charge is 0.448 e. The summed E-state index contributed by atoms with van der Waals surface area (Å²) >= 11 is 0. The van der Waals surface area contributed by atoms with Crippen LogP contribution in [0.4, 0.5) is 0 Å². The number of piperazine rings is 1. The van der Waals surface area contributed by atoms with E-state index in [2.05, 4.69) is 5.32 Å². The van der Waals surface area contributed by atoms with Gasteiger partial charge in [-0.05, 0) is 19.2 Å². The lowest BCUT2D eigenvalue weighted by Crippen LogP contribution is -2.63. The molecule has 0 spiro atoms. The minimum atomic E-state index is -1.24. The van der Waals surface area contributed by atoms with E-state index >= 15 is 0 Å². The lowest BCUT2D eigenvalue weighted by Gasteiger charge is -2.40. The second-order valence-corrected chi connectivity index (χ2v) is 3.76. The van der Waals surface area contributed by atoms with Gasteiger partial charge in [0, 0.05) is 13.1 Å². The van der Waals surface area contributed by atoms with Gasteiger partial charge < -0.3 is 15.2 Å². The molecule has 1 aliphatic heterocycles. The van der Waals surface area contributed by atoms with Gasteiger partial charge >= 0.3 is 0 Å². The van der Waals surface area contributed by atoms with E-state index in [4.69, 9.17) is 4.74 Å². The monoisotopic (exact) mass is 208 g/mol. The fraction of sp³-hybridized carbons (Fsp3) is 0.455. The van der Waals surface area contributed by atoms with Crippen LogP contribution in [0.5, 0.6) is 5.75 Å². The molecule has 0 aromatic heterocycles. The molecule has 0 radical (unpaired) electrons. The summed E-state index contributed by atoms with van der Waals surface area (Å²) in [5.41, 5.74) is 0. The van der Waals surface area contributed by atoms with Crippen molar-refractivity contribution in [1.29, 1.82) is 0 Å². The van der Waals surface area contributed by atoms with Crippen LogP contribution in [0.3, 0.4) is 0 Å². The van der Waals surface area contributed by atoms with E-state index in [9.17, 15) is 5.11 Å². The second-order valence-electron chi connectivity index (χ2n) is 3.76. The van der Waals surface area contributed by atoms with Crippen molar-refractivity contribution >= 4 is 0 Å². The van der Waals surface area contributed by atoms with E-state index in [1.807, 2.05) is 37.4 Å². The van der Waals surface area contributed by atoms with Gasteiger partial charge in [0.25, 0.3) is 5.91 Å². The molecule has 82 valence electrons. The molecule has 1 aliphatic rings. The number of likely N-dealkylation sites (N-methyl/N-ethyl adjacent to an activating group) is 1. The maximum atomic E-state index is 10.2. The van der Waals surface area contributed by atoms with Crippen molar-refractivity contribution < 1.29 is 9.84 Å². The third kappa shape index (κ3) is 2.28. The summed E-state index contributed by atoms with van der Waals surface area (Å²) in [5, 5.41) is 13.3. The van der Waals surface area contributed by atoms with Gasteiger partial charge in [-0.15, -0.1) is 0 Å². The first-order chi connectivity index (χ1) is 7.21. The van der Waals surface area contributed by atoms with Crippen molar-refractivity contribution in [2.45, 2.75) is 5.91 Å². The molecular weight excluding hydrogens is 192 g/mol. The van der Waals surface area contributed by atoms with E-state index in [-0.39, 0.29) is 0 Å². The van der Waals surface area contributed by atoms with Crippen LogP contribution in [0.15, 0.2) is 30.3 Å². The van der Waals surface area contributed by atoms with E-state index in [0.29, 0.717) is 12.3 Å². The van der Waals surface area contributed by atoms with E-state index in [1.54, 1.807) is 4.90 Å². The molecule has 1 aromatic carbocycles. The molecule has 4 nitrogen and oxygen atoms in total. The van der Waals surface area contributed by atoms with Crippen LogP contribution in [-0.4, -0.2) is 42.6 Å². The van der Waals surface area contributed by atoms with E-state index in [1.165, 1.54) is 0 Å². The van der Waals surface area contributed by atoms with Crippen molar-refractivity contribution in [3.05, 3.63) is 30.3 Å². The average molecular weight is 208 g/mol. The normalized spacial score (nSPS) is 27.6. The molecule has 0 aliphatic carbocycles. The van der Waals surface area contributed by atoms with Gasteiger partial charge in [-0.25, -0.2) is 4.90 Å². The lowest BCUT2D eigenvalue weighted by molar-refractivity contribution is -0.241. The van der Waals surface area contributed by atoms with Gasteiger partial charge in [0.2, 0.25) is 0 Å². The number of hydrogen-bond donors (Lipinski definition) is 2. The minimum absolute atomic E-state index is 0.415. The Morgan fingerprint density at radius 1 is 1.40 bits per heavy atom. The fourth-order valence-electron chi connectivity index (χ4n) is 1.60. The summed E-state index contributed by atoms with van der Waals surface area (Å²) in [4.78, 5) is 1.80. The van der Waals surface area contributed by atoms with Crippen molar-refractivity contribution in [2.24, 2.45) is 0 Å². The Morgan fingerprint density at radius 2 is 2.13 bits per heavy atom. The van der Waals surface area contributed by atoms with E-state index < -0.39 is 5.91 Å². The minimum Gasteiger partial charge on any atom is -0.448 e.